The highest BCUT2D eigenvalue weighted by Crippen LogP contribution is 2.49. The predicted octanol–water partition coefficient (Wildman–Crippen LogP) is 4.05. The van der Waals surface area contributed by atoms with Gasteiger partial charge in [0.05, 0.1) is 31.0 Å². The molecule has 0 aromatic heterocycles. The molecule has 0 saturated carbocycles. The molecule has 3 heterocycles. The Bertz CT molecular complexity index is 1830. The van der Waals surface area contributed by atoms with Gasteiger partial charge in [-0.15, -0.1) is 0 Å². The summed E-state index contributed by atoms with van der Waals surface area (Å²) >= 11 is 0. The summed E-state index contributed by atoms with van der Waals surface area (Å²) in [6, 6.07) is 3.23. The minimum absolute atomic E-state index is 0.0475. The quantitative estimate of drug-likeness (QED) is 0.0557. The second kappa shape index (κ2) is 24.5. The van der Waals surface area contributed by atoms with Gasteiger partial charge >= 0.3 is 11.9 Å². The maximum absolute atomic E-state index is 13.3. The van der Waals surface area contributed by atoms with Crippen LogP contribution in [0.1, 0.15) is 76.5 Å². The van der Waals surface area contributed by atoms with E-state index in [2.05, 4.69) is 19.9 Å². The number of phenolic OH excluding ortho intramolecular Hbond substituents is 1. The first-order chi connectivity index (χ1) is 29.6. The third-order valence-corrected chi connectivity index (χ3v) is 11.0. The topological polar surface area (TPSA) is 231 Å². The number of carbonyl (C=O) groups excluding carboxylic acids is 2. The number of aryl methyl sites for hydroxylation is 1. The molecule has 342 valence electrons. The Hall–Kier alpha value is -4.26. The van der Waals surface area contributed by atoms with Gasteiger partial charge in [0.15, 0.2) is 18.5 Å². The highest BCUT2D eigenvalue weighted by molar-refractivity contribution is 5.82. The summed E-state index contributed by atoms with van der Waals surface area (Å²) in [6.45, 7) is 8.77. The molecule has 12 unspecified atom stereocenters. The first-order valence-corrected chi connectivity index (χ1v) is 21.2. The Balaban J connectivity index is 1.45. The van der Waals surface area contributed by atoms with Gasteiger partial charge in [-0.25, -0.2) is 9.59 Å². The van der Waals surface area contributed by atoms with Gasteiger partial charge in [-0.1, -0.05) is 100 Å². The summed E-state index contributed by atoms with van der Waals surface area (Å²) in [6.07, 6.45) is 9.88. The molecule has 2 fully saturated rings. The minimum atomic E-state index is -1.99. The first-order valence-electron chi connectivity index (χ1n) is 21.2. The van der Waals surface area contributed by atoms with Crippen molar-refractivity contribution in [2.45, 2.75) is 140 Å². The average molecular weight is 869 g/mol. The molecular weight excluding hydrogens is 805 g/mol. The lowest BCUT2D eigenvalue weighted by molar-refractivity contribution is -0.374. The normalized spacial score (nSPS) is 29.8. The molecule has 4 rings (SSSR count). The fraction of sp³-hybridized carbons (Fsp3) is 0.532. The van der Waals surface area contributed by atoms with Gasteiger partial charge in [0, 0.05) is 12.2 Å². The Morgan fingerprint density at radius 1 is 0.903 bits per heavy atom. The molecule has 2 saturated heterocycles. The summed E-state index contributed by atoms with van der Waals surface area (Å²) < 4.78 is 34.8. The molecular formula is C47H64O15. The summed E-state index contributed by atoms with van der Waals surface area (Å²) in [5.74, 6) is -3.27. The Morgan fingerprint density at radius 3 is 2.37 bits per heavy atom. The van der Waals surface area contributed by atoms with Gasteiger partial charge < -0.3 is 64.2 Å². The second-order valence-corrected chi connectivity index (χ2v) is 15.8. The summed E-state index contributed by atoms with van der Waals surface area (Å²) in [4.78, 5) is 25.7. The first kappa shape index (κ1) is 50.4. The van der Waals surface area contributed by atoms with E-state index in [-0.39, 0.29) is 24.3 Å². The SMILES string of the molecule is CCC(O)/C=C/C=C\C=C\C(=O)OCC1OC(OC2COC3(OCc4cc(C)cc(O)c43)C(O)C2OC(=O)/C=C/C=C/CC(O)/C(C)=C/C=C/CCC(C)CC)C(O)C(O)C1O. The number of allylic oxidation sites excluding steroid dienone is 9. The van der Waals surface area contributed by atoms with Gasteiger partial charge in [-0.3, -0.25) is 0 Å². The van der Waals surface area contributed by atoms with Crippen molar-refractivity contribution in [1.29, 1.82) is 0 Å². The number of hydrogen-bond acceptors (Lipinski definition) is 15. The van der Waals surface area contributed by atoms with E-state index in [1.807, 2.05) is 26.0 Å². The van der Waals surface area contributed by atoms with Gasteiger partial charge in [-0.2, -0.15) is 0 Å². The molecule has 0 radical (unpaired) electrons. The molecule has 15 nitrogen and oxygen atoms in total. The molecule has 0 aliphatic carbocycles. The Labute approximate surface area is 363 Å². The summed E-state index contributed by atoms with van der Waals surface area (Å²) in [7, 11) is 0. The standard InChI is InChI=1S/C47H64O15/c1-6-29(3)18-12-10-13-19-31(5)34(49)21-15-11-17-23-39(52)62-44-37(28-59-47(45(44)56)40-32(26-58-47)24-30(4)25-35(40)50)61-46-43(55)42(54)41(53)36(60-46)27-57-38(51)22-16-9-8-14-20-33(48)7-2/h8-11,13-17,19-20,22-25,29,33-34,36-37,41-46,48-50,53-56H,6-7,12,18,21,26-28H2,1-5H3/b9-8-,13-10+,15-11+,20-14+,22-16+,23-17+,31-19+. The molecule has 3 aliphatic heterocycles. The lowest BCUT2D eigenvalue weighted by atomic mass is 9.88. The number of benzene rings is 1. The molecule has 3 aliphatic rings. The van der Waals surface area contributed by atoms with Crippen molar-refractivity contribution in [1.82, 2.24) is 0 Å². The van der Waals surface area contributed by atoms with Gasteiger partial charge in [0.1, 0.15) is 42.9 Å². The third kappa shape index (κ3) is 13.9. The fourth-order valence-corrected chi connectivity index (χ4v) is 6.96. The molecule has 1 aromatic carbocycles. The van der Waals surface area contributed by atoms with Crippen molar-refractivity contribution in [2.75, 3.05) is 13.2 Å². The number of esters is 2. The number of aliphatic hydroxyl groups is 6. The maximum Gasteiger partial charge on any atom is 0.331 e. The maximum atomic E-state index is 13.3. The van der Waals surface area contributed by atoms with Crippen molar-refractivity contribution in [2.24, 2.45) is 5.92 Å². The van der Waals surface area contributed by atoms with Crippen LogP contribution < -0.4 is 0 Å². The summed E-state index contributed by atoms with van der Waals surface area (Å²) in [5, 5.41) is 75.4. The van der Waals surface area contributed by atoms with E-state index in [0.717, 1.165) is 42.6 Å². The molecule has 0 bridgehead atoms. The minimum Gasteiger partial charge on any atom is -0.507 e. The number of rotatable bonds is 20. The molecule has 62 heavy (non-hydrogen) atoms. The monoisotopic (exact) mass is 868 g/mol. The van der Waals surface area contributed by atoms with Gasteiger partial charge in [0.25, 0.3) is 0 Å². The second-order valence-electron chi connectivity index (χ2n) is 15.8. The highest BCUT2D eigenvalue weighted by atomic mass is 16.8. The lowest BCUT2D eigenvalue weighted by Gasteiger charge is -2.47. The van der Waals surface area contributed by atoms with E-state index >= 15 is 0 Å². The van der Waals surface area contributed by atoms with Gasteiger partial charge in [-0.05, 0) is 68.2 Å². The Kier molecular flexibility index (Phi) is 20.0. The predicted molar refractivity (Wildman–Crippen MR) is 228 cm³/mol. The zero-order chi connectivity index (χ0) is 45.4. The van der Waals surface area contributed by atoms with Crippen LogP contribution in [0.3, 0.4) is 0 Å². The van der Waals surface area contributed by atoms with Crippen LogP contribution in [0.5, 0.6) is 5.75 Å². The molecule has 0 amide bonds. The molecule has 7 N–H and O–H groups in total. The molecule has 12 atom stereocenters. The van der Waals surface area contributed by atoms with Crippen molar-refractivity contribution in [3.63, 3.8) is 0 Å². The lowest BCUT2D eigenvalue weighted by Crippen LogP contribution is -2.64. The van der Waals surface area contributed by atoms with E-state index in [0.29, 0.717) is 17.9 Å². The van der Waals surface area contributed by atoms with Crippen LogP contribution in [0.25, 0.3) is 0 Å². The van der Waals surface area contributed by atoms with E-state index in [9.17, 15) is 45.3 Å². The van der Waals surface area contributed by atoms with Crippen molar-refractivity contribution >= 4 is 11.9 Å². The van der Waals surface area contributed by atoms with E-state index < -0.39 is 92.2 Å². The highest BCUT2D eigenvalue weighted by Gasteiger charge is 2.60. The number of fused-ring (bicyclic) bond motifs is 2. The summed E-state index contributed by atoms with van der Waals surface area (Å²) in [5.41, 5.74) is 2.19. The smallest absolute Gasteiger partial charge is 0.331 e. The van der Waals surface area contributed by atoms with Crippen LogP contribution in [-0.2, 0) is 50.4 Å². The number of aliphatic hydroxyl groups excluding tert-OH is 6. The van der Waals surface area contributed by atoms with Crippen LogP contribution in [-0.4, -0.2) is 122 Å². The molecule has 1 aromatic rings. The zero-order valence-electron chi connectivity index (χ0n) is 36.1. The van der Waals surface area contributed by atoms with Crippen molar-refractivity contribution in [3.8, 4) is 5.75 Å². The number of carbonyl (C=O) groups is 2. The van der Waals surface area contributed by atoms with E-state index in [4.69, 9.17) is 28.4 Å². The van der Waals surface area contributed by atoms with E-state index in [1.54, 1.807) is 43.4 Å². The average Bonchev–Trinajstić information content (AvgIpc) is 3.62. The van der Waals surface area contributed by atoms with Crippen LogP contribution >= 0.6 is 0 Å². The molecule has 1 spiro atoms. The Morgan fingerprint density at radius 2 is 1.63 bits per heavy atom. The fourth-order valence-electron chi connectivity index (χ4n) is 6.96. The van der Waals surface area contributed by atoms with E-state index in [1.165, 1.54) is 24.3 Å². The molecule has 15 heteroatoms. The van der Waals surface area contributed by atoms with Gasteiger partial charge in [0.2, 0.25) is 5.79 Å². The number of aromatic hydroxyl groups is 1. The van der Waals surface area contributed by atoms with Crippen molar-refractivity contribution < 1.29 is 73.8 Å². The van der Waals surface area contributed by atoms with Crippen LogP contribution in [0.4, 0.5) is 0 Å². The number of ether oxygens (including phenoxy) is 6. The van der Waals surface area contributed by atoms with Crippen LogP contribution in [0, 0.1) is 12.8 Å². The van der Waals surface area contributed by atoms with Crippen molar-refractivity contribution in [3.05, 3.63) is 113 Å². The van der Waals surface area contributed by atoms with Crippen LogP contribution in [0.2, 0.25) is 0 Å². The third-order valence-electron chi connectivity index (χ3n) is 11.0. The van der Waals surface area contributed by atoms with Crippen LogP contribution in [0.15, 0.2) is 96.7 Å². The zero-order valence-corrected chi connectivity index (χ0v) is 36.1. The largest absolute Gasteiger partial charge is 0.507 e. The number of hydrogen-bond donors (Lipinski definition) is 7. The number of phenols is 1.